The third-order valence-corrected chi connectivity index (χ3v) is 4.68. The monoisotopic (exact) mass is 296 g/mol. The average molecular weight is 296 g/mol. The molecule has 0 bridgehead atoms. The van der Waals surface area contributed by atoms with Crippen molar-refractivity contribution < 1.29 is 9.90 Å². The van der Waals surface area contributed by atoms with Crippen LogP contribution in [0.5, 0.6) is 0 Å². The lowest BCUT2D eigenvalue weighted by Crippen LogP contribution is -2.29. The van der Waals surface area contributed by atoms with Crippen molar-refractivity contribution in [1.29, 1.82) is 0 Å². The van der Waals surface area contributed by atoms with Crippen LogP contribution in [0.25, 0.3) is 0 Å². The summed E-state index contributed by atoms with van der Waals surface area (Å²) >= 11 is 3.15. The number of hydrogen-bond donors (Lipinski definition) is 1. The quantitative estimate of drug-likeness (QED) is 0.920. The number of carbonyl (C=O) groups is 1. The van der Waals surface area contributed by atoms with E-state index in [9.17, 15) is 9.90 Å². The molecule has 2 aromatic heterocycles. The van der Waals surface area contributed by atoms with Gasteiger partial charge in [0.1, 0.15) is 5.41 Å². The number of rotatable bonds is 5. The summed E-state index contributed by atoms with van der Waals surface area (Å²) in [5.41, 5.74) is 0.900. The fourth-order valence-corrected chi connectivity index (χ4v) is 3.18. The number of anilines is 1. The van der Waals surface area contributed by atoms with Crippen LogP contribution < -0.4 is 4.90 Å². The highest BCUT2D eigenvalue weighted by molar-refractivity contribution is 7.13. The second kappa shape index (κ2) is 5.30. The highest BCUT2D eigenvalue weighted by Crippen LogP contribution is 2.29. The predicted octanol–water partition coefficient (Wildman–Crippen LogP) is 3.20. The Bertz CT molecular complexity index is 561. The third-order valence-electron chi connectivity index (χ3n) is 2.99. The molecule has 2 heterocycles. The summed E-state index contributed by atoms with van der Waals surface area (Å²) in [6.45, 7) is 4.13. The van der Waals surface area contributed by atoms with Gasteiger partial charge in [0.25, 0.3) is 0 Å². The molecule has 19 heavy (non-hydrogen) atoms. The standard InChI is InChI=1S/C13H16N2O2S2/c1-13(2,11(16)17)10-8-19-12(14-10)15(3)6-9-4-5-18-7-9/h4-5,7-8H,6H2,1-3H3,(H,16,17). The topological polar surface area (TPSA) is 53.4 Å². The molecule has 1 N–H and O–H groups in total. The second-order valence-corrected chi connectivity index (χ2v) is 6.55. The van der Waals surface area contributed by atoms with E-state index in [0.29, 0.717) is 5.69 Å². The number of aliphatic carboxylic acids is 1. The van der Waals surface area contributed by atoms with E-state index in [1.165, 1.54) is 16.9 Å². The molecule has 0 fully saturated rings. The molecular formula is C13H16N2O2S2. The highest BCUT2D eigenvalue weighted by atomic mass is 32.1. The van der Waals surface area contributed by atoms with Crippen molar-refractivity contribution in [3.63, 3.8) is 0 Å². The zero-order chi connectivity index (χ0) is 14.0. The molecule has 0 radical (unpaired) electrons. The molecule has 6 heteroatoms. The van der Waals surface area contributed by atoms with Crippen molar-refractivity contribution in [1.82, 2.24) is 4.98 Å². The van der Waals surface area contributed by atoms with Gasteiger partial charge in [-0.2, -0.15) is 11.3 Å². The molecule has 0 spiro atoms. The first-order chi connectivity index (χ1) is 8.91. The fraction of sp³-hybridized carbons (Fsp3) is 0.385. The van der Waals surface area contributed by atoms with Gasteiger partial charge in [-0.05, 0) is 36.2 Å². The SMILES string of the molecule is CN(Cc1ccsc1)c1nc(C(C)(C)C(=O)O)cs1. The lowest BCUT2D eigenvalue weighted by Gasteiger charge is -2.17. The summed E-state index contributed by atoms with van der Waals surface area (Å²) < 4.78 is 0. The van der Waals surface area contributed by atoms with Gasteiger partial charge < -0.3 is 10.0 Å². The van der Waals surface area contributed by atoms with Crippen molar-refractivity contribution in [2.75, 3.05) is 11.9 Å². The predicted molar refractivity (Wildman–Crippen MR) is 79.2 cm³/mol. The minimum atomic E-state index is -0.946. The van der Waals surface area contributed by atoms with Crippen LogP contribution in [0.3, 0.4) is 0 Å². The molecule has 2 rings (SSSR count). The van der Waals surface area contributed by atoms with Gasteiger partial charge in [0.15, 0.2) is 5.13 Å². The molecule has 4 nitrogen and oxygen atoms in total. The third kappa shape index (κ3) is 2.96. The van der Waals surface area contributed by atoms with E-state index in [-0.39, 0.29) is 0 Å². The molecule has 0 aromatic carbocycles. The lowest BCUT2D eigenvalue weighted by atomic mass is 9.90. The normalized spacial score (nSPS) is 11.5. The Hall–Kier alpha value is -1.40. The van der Waals surface area contributed by atoms with Crippen LogP contribution in [0.2, 0.25) is 0 Å². The largest absolute Gasteiger partial charge is 0.481 e. The Balaban J connectivity index is 2.15. The fourth-order valence-electron chi connectivity index (χ4n) is 1.56. The van der Waals surface area contributed by atoms with Gasteiger partial charge in [-0.3, -0.25) is 4.79 Å². The molecule has 102 valence electrons. The maximum absolute atomic E-state index is 11.2. The Morgan fingerprint density at radius 3 is 2.79 bits per heavy atom. The summed E-state index contributed by atoms with van der Waals surface area (Å²) in [7, 11) is 1.97. The van der Waals surface area contributed by atoms with E-state index >= 15 is 0 Å². The minimum Gasteiger partial charge on any atom is -0.481 e. The van der Waals surface area contributed by atoms with Gasteiger partial charge >= 0.3 is 5.97 Å². The molecule has 0 aliphatic heterocycles. The zero-order valence-corrected chi connectivity index (χ0v) is 12.7. The average Bonchev–Trinajstić information content (AvgIpc) is 2.98. The number of hydrogen-bond acceptors (Lipinski definition) is 5. The molecule has 0 aliphatic carbocycles. The van der Waals surface area contributed by atoms with E-state index in [1.54, 1.807) is 25.2 Å². The number of nitrogens with zero attached hydrogens (tertiary/aromatic N) is 2. The van der Waals surface area contributed by atoms with Crippen LogP contribution in [0.15, 0.2) is 22.2 Å². The number of thiazole rings is 1. The van der Waals surface area contributed by atoms with E-state index in [2.05, 4.69) is 16.4 Å². The second-order valence-electron chi connectivity index (χ2n) is 4.93. The first-order valence-corrected chi connectivity index (χ1v) is 7.65. The van der Waals surface area contributed by atoms with Crippen LogP contribution in [0.4, 0.5) is 5.13 Å². The molecular weight excluding hydrogens is 280 g/mol. The Kier molecular flexibility index (Phi) is 3.91. The first kappa shape index (κ1) is 14.0. The zero-order valence-electron chi connectivity index (χ0n) is 11.1. The van der Waals surface area contributed by atoms with Crippen molar-refractivity contribution >= 4 is 33.8 Å². The Labute approximate surface area is 120 Å². The highest BCUT2D eigenvalue weighted by Gasteiger charge is 2.32. The van der Waals surface area contributed by atoms with Gasteiger partial charge in [-0.25, -0.2) is 4.98 Å². The van der Waals surface area contributed by atoms with Crippen molar-refractivity contribution in [3.8, 4) is 0 Å². The van der Waals surface area contributed by atoms with Gasteiger partial charge in [0, 0.05) is 19.0 Å². The van der Waals surface area contributed by atoms with E-state index in [1.807, 2.05) is 22.7 Å². The molecule has 0 saturated heterocycles. The smallest absolute Gasteiger partial charge is 0.315 e. The van der Waals surface area contributed by atoms with Crippen LogP contribution >= 0.6 is 22.7 Å². The maximum Gasteiger partial charge on any atom is 0.315 e. The summed E-state index contributed by atoms with van der Waals surface area (Å²) in [6, 6.07) is 2.08. The number of thiophene rings is 1. The van der Waals surface area contributed by atoms with Crippen LogP contribution in [0, 0.1) is 0 Å². The molecule has 0 unspecified atom stereocenters. The lowest BCUT2D eigenvalue weighted by molar-refractivity contribution is -0.142. The summed E-state index contributed by atoms with van der Waals surface area (Å²) in [4.78, 5) is 17.7. The summed E-state index contributed by atoms with van der Waals surface area (Å²) in [5.74, 6) is -0.857. The van der Waals surface area contributed by atoms with Gasteiger partial charge in [0.2, 0.25) is 0 Å². The van der Waals surface area contributed by atoms with Crippen molar-refractivity contribution in [3.05, 3.63) is 33.5 Å². The molecule has 0 atom stereocenters. The Morgan fingerprint density at radius 2 is 2.21 bits per heavy atom. The van der Waals surface area contributed by atoms with E-state index in [4.69, 9.17) is 0 Å². The first-order valence-electron chi connectivity index (χ1n) is 5.83. The van der Waals surface area contributed by atoms with Crippen LogP contribution in [-0.4, -0.2) is 23.1 Å². The van der Waals surface area contributed by atoms with Crippen LogP contribution in [-0.2, 0) is 16.8 Å². The number of carboxylic acid groups (broad SMARTS) is 1. The van der Waals surface area contributed by atoms with Gasteiger partial charge in [-0.1, -0.05) is 0 Å². The maximum atomic E-state index is 11.2. The van der Waals surface area contributed by atoms with Gasteiger partial charge in [0.05, 0.1) is 5.69 Å². The van der Waals surface area contributed by atoms with Crippen molar-refractivity contribution in [2.24, 2.45) is 0 Å². The summed E-state index contributed by atoms with van der Waals surface area (Å²) in [6.07, 6.45) is 0. The Morgan fingerprint density at radius 1 is 1.47 bits per heavy atom. The van der Waals surface area contributed by atoms with Crippen LogP contribution in [0.1, 0.15) is 25.1 Å². The number of aromatic nitrogens is 1. The van der Waals surface area contributed by atoms with E-state index < -0.39 is 11.4 Å². The molecule has 0 saturated carbocycles. The molecule has 0 amide bonds. The van der Waals surface area contributed by atoms with Crippen molar-refractivity contribution in [2.45, 2.75) is 25.8 Å². The molecule has 0 aliphatic rings. The minimum absolute atomic E-state index is 0.608. The molecule has 2 aromatic rings. The summed E-state index contributed by atoms with van der Waals surface area (Å²) in [5, 5.41) is 16.0. The van der Waals surface area contributed by atoms with Gasteiger partial charge in [-0.15, -0.1) is 11.3 Å². The number of carboxylic acids is 1. The van der Waals surface area contributed by atoms with E-state index in [0.717, 1.165) is 11.7 Å².